The summed E-state index contributed by atoms with van der Waals surface area (Å²) in [5.41, 5.74) is 8.40. The first kappa shape index (κ1) is 13.4. The highest BCUT2D eigenvalue weighted by Crippen LogP contribution is 2.34. The third-order valence-corrected chi connectivity index (χ3v) is 4.08. The average molecular weight is 273 g/mol. The highest BCUT2D eigenvalue weighted by atomic mass is 16.2. The van der Waals surface area contributed by atoms with Gasteiger partial charge in [0.25, 0.3) is 0 Å². The third-order valence-electron chi connectivity index (χ3n) is 4.08. The monoisotopic (exact) mass is 273 g/mol. The van der Waals surface area contributed by atoms with Gasteiger partial charge in [-0.1, -0.05) is 6.07 Å². The fourth-order valence-corrected chi connectivity index (χ4v) is 2.58. The molecule has 0 heterocycles. The predicted octanol–water partition coefficient (Wildman–Crippen LogP) is 2.39. The van der Waals surface area contributed by atoms with E-state index >= 15 is 0 Å². The van der Waals surface area contributed by atoms with E-state index < -0.39 is 0 Å². The van der Waals surface area contributed by atoms with Crippen LogP contribution in [0.25, 0.3) is 0 Å². The number of hydrogen-bond donors (Lipinski definition) is 2. The molecule has 0 spiro atoms. The molecule has 1 amide bonds. The molecule has 3 N–H and O–H groups in total. The Morgan fingerprint density at radius 2 is 2.10 bits per heavy atom. The minimum absolute atomic E-state index is 0.0492. The molecule has 1 aromatic rings. The molecule has 0 radical (unpaired) electrons. The van der Waals surface area contributed by atoms with E-state index in [1.54, 1.807) is 0 Å². The van der Waals surface area contributed by atoms with Gasteiger partial charge in [-0.2, -0.15) is 0 Å². The lowest BCUT2D eigenvalue weighted by molar-refractivity contribution is -0.117. The van der Waals surface area contributed by atoms with Gasteiger partial charge in [-0.3, -0.25) is 9.69 Å². The summed E-state index contributed by atoms with van der Waals surface area (Å²) in [6.07, 6.45) is 5.14. The van der Waals surface area contributed by atoms with Crippen molar-refractivity contribution in [2.24, 2.45) is 5.92 Å². The molecule has 0 aromatic heterocycles. The van der Waals surface area contributed by atoms with Gasteiger partial charge in [-0.15, -0.1) is 0 Å². The molecule has 0 aliphatic heterocycles. The SMILES string of the molecule is Cc1ccc(NC(=O)CN(CC2CC2)C2CC2)c(N)c1. The molecule has 0 unspecified atom stereocenters. The van der Waals surface area contributed by atoms with E-state index in [1.165, 1.54) is 25.7 Å². The first-order chi connectivity index (χ1) is 9.61. The van der Waals surface area contributed by atoms with E-state index in [0.717, 1.165) is 23.7 Å². The molecule has 108 valence electrons. The van der Waals surface area contributed by atoms with Crippen molar-refractivity contribution in [1.29, 1.82) is 0 Å². The second kappa shape index (κ2) is 5.44. The number of rotatable bonds is 6. The number of nitrogen functional groups attached to an aromatic ring is 1. The van der Waals surface area contributed by atoms with Gasteiger partial charge in [-0.25, -0.2) is 0 Å². The van der Waals surface area contributed by atoms with Gasteiger partial charge in [0, 0.05) is 12.6 Å². The van der Waals surface area contributed by atoms with Crippen LogP contribution in [-0.2, 0) is 4.79 Å². The Morgan fingerprint density at radius 3 is 2.70 bits per heavy atom. The minimum Gasteiger partial charge on any atom is -0.397 e. The summed E-state index contributed by atoms with van der Waals surface area (Å²) in [5, 5.41) is 2.94. The van der Waals surface area contributed by atoms with Crippen molar-refractivity contribution in [1.82, 2.24) is 4.90 Å². The zero-order valence-electron chi connectivity index (χ0n) is 12.1. The van der Waals surface area contributed by atoms with Gasteiger partial charge in [0.05, 0.1) is 17.9 Å². The number of amides is 1. The van der Waals surface area contributed by atoms with Crippen LogP contribution in [0.4, 0.5) is 11.4 Å². The van der Waals surface area contributed by atoms with Gasteiger partial charge in [0.15, 0.2) is 0 Å². The summed E-state index contributed by atoms with van der Waals surface area (Å²) in [6, 6.07) is 6.37. The molecule has 4 nitrogen and oxygen atoms in total. The molecule has 2 aliphatic carbocycles. The predicted molar refractivity (Wildman–Crippen MR) is 81.5 cm³/mol. The molecule has 2 saturated carbocycles. The first-order valence-electron chi connectivity index (χ1n) is 7.52. The Kier molecular flexibility index (Phi) is 3.66. The maximum atomic E-state index is 12.2. The Labute approximate surface area is 120 Å². The van der Waals surface area contributed by atoms with Crippen LogP contribution in [0.1, 0.15) is 31.2 Å². The van der Waals surface area contributed by atoms with Crippen LogP contribution in [0.5, 0.6) is 0 Å². The van der Waals surface area contributed by atoms with Crippen LogP contribution in [0.3, 0.4) is 0 Å². The van der Waals surface area contributed by atoms with Crippen molar-refractivity contribution in [3.05, 3.63) is 23.8 Å². The van der Waals surface area contributed by atoms with Crippen LogP contribution in [-0.4, -0.2) is 29.9 Å². The van der Waals surface area contributed by atoms with Crippen molar-refractivity contribution in [3.63, 3.8) is 0 Å². The second-order valence-corrected chi connectivity index (χ2v) is 6.24. The van der Waals surface area contributed by atoms with Gasteiger partial charge in [0.2, 0.25) is 5.91 Å². The van der Waals surface area contributed by atoms with Crippen LogP contribution in [0, 0.1) is 12.8 Å². The topological polar surface area (TPSA) is 58.4 Å². The summed E-state index contributed by atoms with van der Waals surface area (Å²) >= 11 is 0. The zero-order valence-corrected chi connectivity index (χ0v) is 12.1. The van der Waals surface area contributed by atoms with Crippen LogP contribution < -0.4 is 11.1 Å². The second-order valence-electron chi connectivity index (χ2n) is 6.24. The molecule has 20 heavy (non-hydrogen) atoms. The molecule has 4 heteroatoms. The largest absolute Gasteiger partial charge is 0.397 e. The lowest BCUT2D eigenvalue weighted by Gasteiger charge is -2.21. The zero-order chi connectivity index (χ0) is 14.1. The van der Waals surface area contributed by atoms with E-state index in [9.17, 15) is 4.79 Å². The fraction of sp³-hybridized carbons (Fsp3) is 0.562. The molecule has 0 atom stereocenters. The number of carbonyl (C=O) groups is 1. The number of nitrogens with two attached hydrogens (primary N) is 1. The fourth-order valence-electron chi connectivity index (χ4n) is 2.58. The summed E-state index contributed by atoms with van der Waals surface area (Å²) in [6.45, 7) is 3.57. The van der Waals surface area contributed by atoms with Gasteiger partial charge >= 0.3 is 0 Å². The number of benzene rings is 1. The average Bonchev–Trinajstić information content (AvgIpc) is 3.25. The first-order valence-corrected chi connectivity index (χ1v) is 7.52. The lowest BCUT2D eigenvalue weighted by Crippen LogP contribution is -2.36. The number of anilines is 2. The van der Waals surface area contributed by atoms with Crippen molar-refractivity contribution in [2.45, 2.75) is 38.6 Å². The summed E-state index contributed by atoms with van der Waals surface area (Å²) < 4.78 is 0. The number of carbonyl (C=O) groups excluding carboxylic acids is 1. The molecule has 2 aliphatic rings. The quantitative estimate of drug-likeness (QED) is 0.782. The third kappa shape index (κ3) is 3.51. The summed E-state index contributed by atoms with van der Waals surface area (Å²) in [7, 11) is 0. The molecule has 2 fully saturated rings. The highest BCUT2D eigenvalue weighted by Gasteiger charge is 2.34. The smallest absolute Gasteiger partial charge is 0.238 e. The molecular formula is C16H23N3O. The Balaban J connectivity index is 1.57. The van der Waals surface area contributed by atoms with Gasteiger partial charge in [0.1, 0.15) is 0 Å². The van der Waals surface area contributed by atoms with E-state index in [2.05, 4.69) is 10.2 Å². The molecular weight excluding hydrogens is 250 g/mol. The van der Waals surface area contributed by atoms with Crippen molar-refractivity contribution < 1.29 is 4.79 Å². The van der Waals surface area contributed by atoms with Crippen LogP contribution >= 0.6 is 0 Å². The molecule has 3 rings (SSSR count). The lowest BCUT2D eigenvalue weighted by atomic mass is 10.2. The summed E-state index contributed by atoms with van der Waals surface area (Å²) in [4.78, 5) is 14.5. The van der Waals surface area contributed by atoms with Crippen molar-refractivity contribution >= 4 is 17.3 Å². The van der Waals surface area contributed by atoms with Crippen LogP contribution in [0.15, 0.2) is 18.2 Å². The minimum atomic E-state index is 0.0492. The maximum absolute atomic E-state index is 12.2. The standard InChI is InChI=1S/C16H23N3O/c1-11-2-7-15(14(17)8-11)18-16(20)10-19(13-5-6-13)9-12-3-4-12/h2,7-8,12-13H,3-6,9-10,17H2,1H3,(H,18,20). The Morgan fingerprint density at radius 1 is 1.35 bits per heavy atom. The van der Waals surface area contributed by atoms with Crippen molar-refractivity contribution in [2.75, 3.05) is 24.1 Å². The van der Waals surface area contributed by atoms with E-state index in [-0.39, 0.29) is 5.91 Å². The molecule has 0 bridgehead atoms. The molecule has 1 aromatic carbocycles. The normalized spacial score (nSPS) is 18.3. The Hall–Kier alpha value is -1.55. The van der Waals surface area contributed by atoms with E-state index in [4.69, 9.17) is 5.73 Å². The maximum Gasteiger partial charge on any atom is 0.238 e. The van der Waals surface area contributed by atoms with Gasteiger partial charge < -0.3 is 11.1 Å². The number of aryl methyl sites for hydroxylation is 1. The summed E-state index contributed by atoms with van der Waals surface area (Å²) in [5.74, 6) is 0.876. The number of nitrogens with zero attached hydrogens (tertiary/aromatic N) is 1. The highest BCUT2D eigenvalue weighted by molar-refractivity contribution is 5.95. The van der Waals surface area contributed by atoms with E-state index in [1.807, 2.05) is 25.1 Å². The Bertz CT molecular complexity index is 506. The van der Waals surface area contributed by atoms with Crippen LogP contribution in [0.2, 0.25) is 0 Å². The number of nitrogens with one attached hydrogen (secondary N) is 1. The van der Waals surface area contributed by atoms with Gasteiger partial charge in [-0.05, 0) is 56.2 Å². The molecule has 0 saturated heterocycles. The number of hydrogen-bond acceptors (Lipinski definition) is 3. The van der Waals surface area contributed by atoms with Crippen molar-refractivity contribution in [3.8, 4) is 0 Å². The van der Waals surface area contributed by atoms with E-state index in [0.29, 0.717) is 18.3 Å².